The molecule has 166 valence electrons. The summed E-state index contributed by atoms with van der Waals surface area (Å²) in [7, 11) is 1.67. The van der Waals surface area contributed by atoms with Gasteiger partial charge >= 0.3 is 0 Å². The van der Waals surface area contributed by atoms with Crippen LogP contribution in [0, 0.1) is 0 Å². The van der Waals surface area contributed by atoms with Gasteiger partial charge in [-0.15, -0.1) is 0 Å². The highest BCUT2D eigenvalue weighted by Gasteiger charge is 2.38. The molecule has 0 saturated carbocycles. The average molecular weight is 451 g/mol. The molecule has 0 bridgehead atoms. The van der Waals surface area contributed by atoms with Crippen molar-refractivity contribution in [3.8, 4) is 5.75 Å². The lowest BCUT2D eigenvalue weighted by Gasteiger charge is -2.30. The van der Waals surface area contributed by atoms with Crippen molar-refractivity contribution in [3.63, 3.8) is 0 Å². The summed E-state index contributed by atoms with van der Waals surface area (Å²) in [5.74, 6) is 0.817. The Morgan fingerprint density at radius 3 is 2.53 bits per heavy atom. The molecule has 1 heterocycles. The maximum absolute atomic E-state index is 12.6. The Kier molecular flexibility index (Phi) is 6.66. The van der Waals surface area contributed by atoms with Gasteiger partial charge in [0, 0.05) is 35.3 Å². The van der Waals surface area contributed by atoms with Crippen LogP contribution in [0.3, 0.4) is 0 Å². The lowest BCUT2D eigenvalue weighted by Crippen LogP contribution is -2.44. The molecule has 1 aliphatic heterocycles. The van der Waals surface area contributed by atoms with Crippen LogP contribution in [0.1, 0.15) is 36.8 Å². The van der Waals surface area contributed by atoms with Crippen molar-refractivity contribution in [3.05, 3.63) is 76.8 Å². The van der Waals surface area contributed by atoms with Gasteiger partial charge in [0.15, 0.2) is 0 Å². The first-order valence-electron chi connectivity index (χ1n) is 10.9. The molecule has 0 radical (unpaired) electrons. The van der Waals surface area contributed by atoms with Crippen molar-refractivity contribution < 1.29 is 14.3 Å². The van der Waals surface area contributed by atoms with Crippen molar-refractivity contribution in [2.24, 2.45) is 0 Å². The molecule has 6 heteroatoms. The molecule has 1 fully saturated rings. The highest BCUT2D eigenvalue weighted by molar-refractivity contribution is 6.31. The van der Waals surface area contributed by atoms with E-state index in [1.165, 1.54) is 0 Å². The zero-order valence-corrected chi connectivity index (χ0v) is 18.9. The molecule has 0 aromatic heterocycles. The van der Waals surface area contributed by atoms with E-state index in [4.69, 9.17) is 16.3 Å². The average Bonchev–Trinajstić information content (AvgIpc) is 3.18. The molecule has 5 nitrogen and oxygen atoms in total. The fourth-order valence-corrected chi connectivity index (χ4v) is 4.69. The fraction of sp³-hybridized carbons (Fsp3) is 0.308. The van der Waals surface area contributed by atoms with Gasteiger partial charge in [-0.3, -0.25) is 9.59 Å². The molecule has 0 aliphatic carbocycles. The van der Waals surface area contributed by atoms with E-state index in [0.29, 0.717) is 43.7 Å². The van der Waals surface area contributed by atoms with Crippen LogP contribution < -0.4 is 15.4 Å². The third-order valence-corrected chi connectivity index (χ3v) is 6.59. The first kappa shape index (κ1) is 22.2. The Bertz CT molecular complexity index is 1150. The van der Waals surface area contributed by atoms with Crippen LogP contribution in [0.2, 0.25) is 5.02 Å². The van der Waals surface area contributed by atoms with Gasteiger partial charge in [-0.1, -0.05) is 60.1 Å². The quantitative estimate of drug-likeness (QED) is 0.518. The van der Waals surface area contributed by atoms with E-state index < -0.39 is 5.54 Å². The van der Waals surface area contributed by atoms with Crippen LogP contribution in [-0.2, 0) is 22.6 Å². The minimum atomic E-state index is -0.434. The van der Waals surface area contributed by atoms with Gasteiger partial charge in [0.1, 0.15) is 5.75 Å². The summed E-state index contributed by atoms with van der Waals surface area (Å²) in [6.07, 6.45) is 2.77. The smallest absolute Gasteiger partial charge is 0.220 e. The number of halogens is 1. The molecule has 3 aromatic carbocycles. The molecule has 32 heavy (non-hydrogen) atoms. The van der Waals surface area contributed by atoms with E-state index in [-0.39, 0.29) is 11.8 Å². The summed E-state index contributed by atoms with van der Waals surface area (Å²) in [5, 5.41) is 8.91. The van der Waals surface area contributed by atoms with Crippen LogP contribution in [-0.4, -0.2) is 24.5 Å². The standard InChI is InChI=1S/C26H27ClN2O3/c1-32-23-11-10-18(20-7-3-4-8-21(20)23)16-26(15-13-25(31)29-26)14-12-24(30)28-17-19-6-2-5-9-22(19)27/h2-11H,12-17H2,1H3,(H,28,30)(H,29,31)/t26-/m0/s1. The minimum absolute atomic E-state index is 0.0410. The monoisotopic (exact) mass is 450 g/mol. The largest absolute Gasteiger partial charge is 0.496 e. The van der Waals surface area contributed by atoms with Gasteiger partial charge < -0.3 is 15.4 Å². The number of nitrogens with one attached hydrogen (secondary N) is 2. The number of benzene rings is 3. The zero-order chi connectivity index (χ0) is 22.6. The Labute approximate surface area is 193 Å². The van der Waals surface area contributed by atoms with E-state index in [0.717, 1.165) is 27.6 Å². The highest BCUT2D eigenvalue weighted by atomic mass is 35.5. The third-order valence-electron chi connectivity index (χ3n) is 6.22. The summed E-state index contributed by atoms with van der Waals surface area (Å²) in [4.78, 5) is 24.7. The van der Waals surface area contributed by atoms with Crippen LogP contribution in [0.4, 0.5) is 0 Å². The molecular weight excluding hydrogens is 424 g/mol. The summed E-state index contributed by atoms with van der Waals surface area (Å²) in [5.41, 5.74) is 1.59. The van der Waals surface area contributed by atoms with E-state index in [1.54, 1.807) is 7.11 Å². The number of hydrogen-bond donors (Lipinski definition) is 2. The molecule has 0 spiro atoms. The van der Waals surface area contributed by atoms with E-state index >= 15 is 0 Å². The molecule has 1 atom stereocenters. The summed E-state index contributed by atoms with van der Waals surface area (Å²) < 4.78 is 5.51. The fourth-order valence-electron chi connectivity index (χ4n) is 4.49. The maximum Gasteiger partial charge on any atom is 0.220 e. The van der Waals surface area contributed by atoms with Crippen molar-refractivity contribution in [1.29, 1.82) is 0 Å². The van der Waals surface area contributed by atoms with Crippen molar-refractivity contribution in [2.45, 2.75) is 44.2 Å². The van der Waals surface area contributed by atoms with E-state index in [9.17, 15) is 9.59 Å². The number of rotatable bonds is 8. The van der Waals surface area contributed by atoms with Crippen LogP contribution >= 0.6 is 11.6 Å². The van der Waals surface area contributed by atoms with Crippen molar-refractivity contribution in [1.82, 2.24) is 10.6 Å². The highest BCUT2D eigenvalue weighted by Crippen LogP contribution is 2.35. The normalized spacial score (nSPS) is 17.9. The molecule has 0 unspecified atom stereocenters. The predicted octanol–water partition coefficient (Wildman–Crippen LogP) is 4.79. The molecule has 4 rings (SSSR count). The number of ether oxygens (including phenoxy) is 1. The Hall–Kier alpha value is -3.05. The number of hydrogen-bond acceptors (Lipinski definition) is 3. The van der Waals surface area contributed by atoms with Gasteiger partial charge in [0.05, 0.1) is 7.11 Å². The second-order valence-corrected chi connectivity index (χ2v) is 8.75. The number of methoxy groups -OCH3 is 1. The number of carbonyl (C=O) groups is 2. The van der Waals surface area contributed by atoms with Gasteiger partial charge in [0.25, 0.3) is 0 Å². The van der Waals surface area contributed by atoms with E-state index in [2.05, 4.69) is 22.8 Å². The first-order chi connectivity index (χ1) is 15.5. The SMILES string of the molecule is COc1ccc(C[C@]2(CCC(=O)NCc3ccccc3Cl)CCC(=O)N2)c2ccccc12. The second kappa shape index (κ2) is 9.61. The summed E-state index contributed by atoms with van der Waals surface area (Å²) in [6.45, 7) is 0.390. The van der Waals surface area contributed by atoms with Crippen molar-refractivity contribution >= 4 is 34.2 Å². The molecule has 1 saturated heterocycles. The predicted molar refractivity (Wildman–Crippen MR) is 127 cm³/mol. The van der Waals surface area contributed by atoms with Gasteiger partial charge in [-0.05, 0) is 47.9 Å². The topological polar surface area (TPSA) is 67.4 Å². The maximum atomic E-state index is 12.6. The number of carbonyl (C=O) groups excluding carboxylic acids is 2. The summed E-state index contributed by atoms with van der Waals surface area (Å²) >= 11 is 6.18. The molecule has 1 aliphatic rings. The first-order valence-corrected chi connectivity index (χ1v) is 11.2. The van der Waals surface area contributed by atoms with Crippen LogP contribution in [0.5, 0.6) is 5.75 Å². The minimum Gasteiger partial charge on any atom is -0.496 e. The van der Waals surface area contributed by atoms with E-state index in [1.807, 2.05) is 48.5 Å². The van der Waals surface area contributed by atoms with Crippen LogP contribution in [0.25, 0.3) is 10.8 Å². The molecular formula is C26H27ClN2O3. The van der Waals surface area contributed by atoms with Crippen molar-refractivity contribution in [2.75, 3.05) is 7.11 Å². The Morgan fingerprint density at radius 1 is 1.06 bits per heavy atom. The van der Waals surface area contributed by atoms with Gasteiger partial charge in [-0.2, -0.15) is 0 Å². The molecule has 2 amide bonds. The second-order valence-electron chi connectivity index (χ2n) is 8.35. The molecule has 3 aromatic rings. The Balaban J connectivity index is 1.48. The van der Waals surface area contributed by atoms with Gasteiger partial charge in [0.2, 0.25) is 11.8 Å². The zero-order valence-electron chi connectivity index (χ0n) is 18.1. The number of amides is 2. The lowest BCUT2D eigenvalue weighted by atomic mass is 9.83. The van der Waals surface area contributed by atoms with Crippen LogP contribution in [0.15, 0.2) is 60.7 Å². The number of fused-ring (bicyclic) bond motifs is 1. The lowest BCUT2D eigenvalue weighted by molar-refractivity contribution is -0.122. The Morgan fingerprint density at radius 2 is 1.81 bits per heavy atom. The third kappa shape index (κ3) is 4.89. The van der Waals surface area contributed by atoms with Gasteiger partial charge in [-0.25, -0.2) is 0 Å². The molecule has 2 N–H and O–H groups in total. The summed E-state index contributed by atoms with van der Waals surface area (Å²) in [6, 6.07) is 19.6.